The van der Waals surface area contributed by atoms with Gasteiger partial charge in [-0.1, -0.05) is 6.07 Å². The quantitative estimate of drug-likeness (QED) is 0.794. The molecule has 1 aromatic carbocycles. The van der Waals surface area contributed by atoms with E-state index in [0.717, 1.165) is 4.88 Å². The molecular weight excluding hydrogens is 316 g/mol. The zero-order chi connectivity index (χ0) is 16.7. The van der Waals surface area contributed by atoms with Gasteiger partial charge in [0.15, 0.2) is 11.5 Å². The molecule has 0 unspecified atom stereocenters. The van der Waals surface area contributed by atoms with Gasteiger partial charge in [-0.2, -0.15) is 0 Å². The third kappa shape index (κ3) is 4.72. The van der Waals surface area contributed by atoms with Crippen molar-refractivity contribution in [3.63, 3.8) is 0 Å². The van der Waals surface area contributed by atoms with Crippen LogP contribution >= 0.6 is 11.3 Å². The second-order valence-corrected chi connectivity index (χ2v) is 5.59. The highest BCUT2D eigenvalue weighted by Crippen LogP contribution is 2.27. The molecule has 0 aliphatic carbocycles. The number of rotatable bonds is 6. The van der Waals surface area contributed by atoms with Gasteiger partial charge >= 0.3 is 0 Å². The summed E-state index contributed by atoms with van der Waals surface area (Å²) in [6.45, 7) is 2.36. The Hall–Kier alpha value is -2.54. The van der Waals surface area contributed by atoms with Gasteiger partial charge in [-0.15, -0.1) is 11.3 Å². The smallest absolute Gasteiger partial charge is 0.269 e. The third-order valence-electron chi connectivity index (χ3n) is 2.96. The van der Waals surface area contributed by atoms with Gasteiger partial charge in [-0.25, -0.2) is 0 Å². The number of thiophene rings is 1. The van der Waals surface area contributed by atoms with Crippen LogP contribution in [-0.4, -0.2) is 25.5 Å². The lowest BCUT2D eigenvalue weighted by Crippen LogP contribution is -2.42. The molecule has 7 heteroatoms. The predicted octanol–water partition coefficient (Wildman–Crippen LogP) is 2.16. The zero-order valence-electron chi connectivity index (χ0n) is 12.9. The number of methoxy groups -OCH3 is 1. The highest BCUT2D eigenvalue weighted by Gasteiger charge is 2.12. The van der Waals surface area contributed by atoms with Gasteiger partial charge in [0, 0.05) is 10.4 Å². The number of ether oxygens (including phenoxy) is 2. The number of hydrogen-bond acceptors (Lipinski definition) is 5. The molecule has 0 radical (unpaired) electrons. The van der Waals surface area contributed by atoms with Crippen LogP contribution in [0.4, 0.5) is 0 Å². The van der Waals surface area contributed by atoms with Crippen molar-refractivity contribution in [3.05, 3.63) is 46.2 Å². The molecule has 2 N–H and O–H groups in total. The molecule has 0 spiro atoms. The van der Waals surface area contributed by atoms with Gasteiger partial charge in [-0.3, -0.25) is 20.4 Å². The van der Waals surface area contributed by atoms with E-state index >= 15 is 0 Å². The van der Waals surface area contributed by atoms with E-state index in [1.807, 2.05) is 24.4 Å². The maximum atomic E-state index is 12.1. The number of carbonyl (C=O) groups excluding carboxylic acids is 2. The first-order valence-electron chi connectivity index (χ1n) is 7.06. The second-order valence-electron chi connectivity index (χ2n) is 4.56. The van der Waals surface area contributed by atoms with Crippen LogP contribution in [0, 0.1) is 0 Å². The topological polar surface area (TPSA) is 76.7 Å². The van der Waals surface area contributed by atoms with E-state index in [-0.39, 0.29) is 12.3 Å². The van der Waals surface area contributed by atoms with Crippen molar-refractivity contribution in [2.75, 3.05) is 13.7 Å². The standard InChI is InChI=1S/C16H18N2O4S/c1-3-22-13-7-6-11(9-14(13)21-2)16(20)18-17-15(19)10-12-5-4-8-23-12/h4-9H,3,10H2,1-2H3,(H,17,19)(H,18,20). The van der Waals surface area contributed by atoms with Crippen LogP contribution in [0.5, 0.6) is 11.5 Å². The maximum Gasteiger partial charge on any atom is 0.269 e. The van der Waals surface area contributed by atoms with E-state index in [1.165, 1.54) is 18.4 Å². The fraction of sp³-hybridized carbons (Fsp3) is 0.250. The summed E-state index contributed by atoms with van der Waals surface area (Å²) in [5.41, 5.74) is 5.14. The molecule has 2 rings (SSSR count). The molecule has 122 valence electrons. The monoisotopic (exact) mass is 334 g/mol. The largest absolute Gasteiger partial charge is 0.493 e. The number of hydrazine groups is 1. The fourth-order valence-corrected chi connectivity index (χ4v) is 2.60. The van der Waals surface area contributed by atoms with Crippen molar-refractivity contribution in [3.8, 4) is 11.5 Å². The first-order chi connectivity index (χ1) is 11.1. The molecule has 0 fully saturated rings. The summed E-state index contributed by atoms with van der Waals surface area (Å²) in [7, 11) is 1.50. The third-order valence-corrected chi connectivity index (χ3v) is 3.83. The van der Waals surface area contributed by atoms with Gasteiger partial charge < -0.3 is 9.47 Å². The molecule has 23 heavy (non-hydrogen) atoms. The molecule has 6 nitrogen and oxygen atoms in total. The Morgan fingerprint density at radius 3 is 2.65 bits per heavy atom. The van der Waals surface area contributed by atoms with Crippen molar-refractivity contribution in [2.45, 2.75) is 13.3 Å². The molecule has 0 saturated carbocycles. The maximum absolute atomic E-state index is 12.1. The van der Waals surface area contributed by atoms with E-state index in [9.17, 15) is 9.59 Å². The molecule has 2 aromatic rings. The van der Waals surface area contributed by atoms with Crippen LogP contribution < -0.4 is 20.3 Å². The Bertz CT molecular complexity index is 671. The number of hydrogen-bond donors (Lipinski definition) is 2. The molecule has 0 atom stereocenters. The van der Waals surface area contributed by atoms with Gasteiger partial charge in [-0.05, 0) is 36.6 Å². The molecule has 1 aromatic heterocycles. The summed E-state index contributed by atoms with van der Waals surface area (Å²) in [4.78, 5) is 24.7. The lowest BCUT2D eigenvalue weighted by atomic mass is 10.2. The highest BCUT2D eigenvalue weighted by atomic mass is 32.1. The van der Waals surface area contributed by atoms with E-state index < -0.39 is 5.91 Å². The van der Waals surface area contributed by atoms with Crippen LogP contribution in [0.2, 0.25) is 0 Å². The first kappa shape index (κ1) is 16.8. The lowest BCUT2D eigenvalue weighted by molar-refractivity contribution is -0.121. The van der Waals surface area contributed by atoms with Crippen molar-refractivity contribution in [2.24, 2.45) is 0 Å². The Morgan fingerprint density at radius 1 is 1.17 bits per heavy atom. The van der Waals surface area contributed by atoms with Crippen molar-refractivity contribution >= 4 is 23.2 Å². The fourth-order valence-electron chi connectivity index (χ4n) is 1.90. The van der Waals surface area contributed by atoms with Crippen LogP contribution in [-0.2, 0) is 11.2 Å². The molecule has 0 aliphatic rings. The van der Waals surface area contributed by atoms with Gasteiger partial charge in [0.05, 0.1) is 20.1 Å². The highest BCUT2D eigenvalue weighted by molar-refractivity contribution is 7.10. The predicted molar refractivity (Wildman–Crippen MR) is 87.8 cm³/mol. The molecule has 2 amide bonds. The average molecular weight is 334 g/mol. The van der Waals surface area contributed by atoms with Crippen molar-refractivity contribution in [1.82, 2.24) is 10.9 Å². The Labute approximate surface area is 138 Å². The van der Waals surface area contributed by atoms with Gasteiger partial charge in [0.25, 0.3) is 5.91 Å². The summed E-state index contributed by atoms with van der Waals surface area (Å²) in [6.07, 6.45) is 0.227. The number of nitrogens with one attached hydrogen (secondary N) is 2. The minimum atomic E-state index is -0.425. The SMILES string of the molecule is CCOc1ccc(C(=O)NNC(=O)Cc2cccs2)cc1OC. The van der Waals surface area contributed by atoms with Crippen LogP contribution in [0.3, 0.4) is 0 Å². The minimum absolute atomic E-state index is 0.227. The van der Waals surface area contributed by atoms with Crippen LogP contribution in [0.25, 0.3) is 0 Å². The molecule has 0 aliphatic heterocycles. The minimum Gasteiger partial charge on any atom is -0.493 e. The van der Waals surface area contributed by atoms with Gasteiger partial charge in [0.2, 0.25) is 5.91 Å². The second kappa shape index (κ2) is 8.19. The van der Waals surface area contributed by atoms with Gasteiger partial charge in [0.1, 0.15) is 0 Å². The number of amides is 2. The zero-order valence-corrected chi connectivity index (χ0v) is 13.7. The number of carbonyl (C=O) groups is 2. The normalized spacial score (nSPS) is 10.0. The van der Waals surface area contributed by atoms with E-state index in [0.29, 0.717) is 23.7 Å². The summed E-state index contributed by atoms with van der Waals surface area (Å²) < 4.78 is 10.6. The average Bonchev–Trinajstić information content (AvgIpc) is 3.06. The van der Waals surface area contributed by atoms with E-state index in [4.69, 9.17) is 9.47 Å². The summed E-state index contributed by atoms with van der Waals surface area (Å²) in [5.74, 6) is 0.322. The van der Waals surface area contributed by atoms with Crippen molar-refractivity contribution < 1.29 is 19.1 Å². The molecule has 0 saturated heterocycles. The van der Waals surface area contributed by atoms with Crippen LogP contribution in [0.15, 0.2) is 35.7 Å². The molecule has 0 bridgehead atoms. The Kier molecular flexibility index (Phi) is 5.99. The Morgan fingerprint density at radius 2 is 2.00 bits per heavy atom. The van der Waals surface area contributed by atoms with E-state index in [2.05, 4.69) is 10.9 Å². The number of benzene rings is 1. The van der Waals surface area contributed by atoms with Crippen molar-refractivity contribution in [1.29, 1.82) is 0 Å². The Balaban J connectivity index is 1.93. The van der Waals surface area contributed by atoms with E-state index in [1.54, 1.807) is 18.2 Å². The molecule has 1 heterocycles. The summed E-state index contributed by atoms with van der Waals surface area (Å²) in [6, 6.07) is 8.56. The van der Waals surface area contributed by atoms with Crippen LogP contribution in [0.1, 0.15) is 22.2 Å². The first-order valence-corrected chi connectivity index (χ1v) is 7.94. The molecular formula is C16H18N2O4S. The lowest BCUT2D eigenvalue weighted by Gasteiger charge is -2.11. The summed E-state index contributed by atoms with van der Waals surface area (Å²) in [5, 5.41) is 1.90. The summed E-state index contributed by atoms with van der Waals surface area (Å²) >= 11 is 1.49.